The molecule has 0 aliphatic carbocycles. The zero-order chi connectivity index (χ0) is 17.6. The highest BCUT2D eigenvalue weighted by atomic mass is 79.9. The number of halogens is 2. The third kappa shape index (κ3) is 2.46. The molecule has 0 bridgehead atoms. The van der Waals surface area contributed by atoms with Crippen LogP contribution in [0.2, 0.25) is 0 Å². The second kappa shape index (κ2) is 5.89. The molecule has 2 N–H and O–H groups in total. The normalized spacial score (nSPS) is 11.1. The fourth-order valence-electron chi connectivity index (χ4n) is 2.95. The van der Waals surface area contributed by atoms with Crippen LogP contribution in [0.3, 0.4) is 0 Å². The highest BCUT2D eigenvalue weighted by Crippen LogP contribution is 2.28. The summed E-state index contributed by atoms with van der Waals surface area (Å²) in [5, 5.41) is 0. The first-order valence-corrected chi connectivity index (χ1v) is 8.40. The van der Waals surface area contributed by atoms with Gasteiger partial charge in [-0.2, -0.15) is 0 Å². The van der Waals surface area contributed by atoms with E-state index in [1.165, 1.54) is 16.7 Å². The number of anilines is 1. The van der Waals surface area contributed by atoms with E-state index < -0.39 is 5.82 Å². The van der Waals surface area contributed by atoms with E-state index in [9.17, 15) is 9.18 Å². The molecule has 4 rings (SSSR count). The summed E-state index contributed by atoms with van der Waals surface area (Å²) in [7, 11) is 0. The number of nitrogen functional groups attached to an aromatic ring is 1. The predicted octanol–water partition coefficient (Wildman–Crippen LogP) is 4.27. The summed E-state index contributed by atoms with van der Waals surface area (Å²) in [6, 6.07) is 19.4. The quantitative estimate of drug-likeness (QED) is 0.513. The minimum Gasteiger partial charge on any atom is -0.397 e. The molecule has 124 valence electrons. The summed E-state index contributed by atoms with van der Waals surface area (Å²) < 4.78 is 17.4. The van der Waals surface area contributed by atoms with Gasteiger partial charge in [0, 0.05) is 6.07 Å². The van der Waals surface area contributed by atoms with Crippen LogP contribution in [0.4, 0.5) is 10.1 Å². The first-order chi connectivity index (χ1) is 12.1. The van der Waals surface area contributed by atoms with Crippen molar-refractivity contribution in [2.24, 2.45) is 0 Å². The van der Waals surface area contributed by atoms with Crippen LogP contribution in [-0.4, -0.2) is 9.13 Å². The topological polar surface area (TPSA) is 52.9 Å². The number of nitrogens with zero attached hydrogens (tertiary/aromatic N) is 2. The molecule has 4 nitrogen and oxygen atoms in total. The maximum Gasteiger partial charge on any atom is 0.338 e. The fraction of sp³-hybridized carbons (Fsp3) is 0. The van der Waals surface area contributed by atoms with Crippen molar-refractivity contribution in [3.05, 3.63) is 87.5 Å². The van der Waals surface area contributed by atoms with Crippen LogP contribution >= 0.6 is 15.9 Å². The minimum absolute atomic E-state index is 0.258. The molecular weight excluding hydrogens is 385 g/mol. The monoisotopic (exact) mass is 397 g/mol. The van der Waals surface area contributed by atoms with Gasteiger partial charge >= 0.3 is 5.69 Å². The molecule has 25 heavy (non-hydrogen) atoms. The van der Waals surface area contributed by atoms with E-state index in [-0.39, 0.29) is 10.2 Å². The van der Waals surface area contributed by atoms with Crippen LogP contribution < -0.4 is 11.4 Å². The molecule has 0 aliphatic rings. The highest BCUT2D eigenvalue weighted by molar-refractivity contribution is 9.10. The Balaban J connectivity index is 2.12. The average molecular weight is 398 g/mol. The van der Waals surface area contributed by atoms with E-state index in [0.717, 1.165) is 11.2 Å². The second-order valence-corrected chi connectivity index (χ2v) is 6.46. The Morgan fingerprint density at radius 3 is 2.16 bits per heavy atom. The molecule has 0 aliphatic heterocycles. The van der Waals surface area contributed by atoms with Crippen molar-refractivity contribution in [2.45, 2.75) is 0 Å². The summed E-state index contributed by atoms with van der Waals surface area (Å²) in [6.07, 6.45) is 0. The van der Waals surface area contributed by atoms with Crippen molar-refractivity contribution >= 4 is 32.7 Å². The Kier molecular flexibility index (Phi) is 3.69. The second-order valence-electron chi connectivity index (χ2n) is 5.60. The van der Waals surface area contributed by atoms with Crippen molar-refractivity contribution < 1.29 is 4.39 Å². The summed E-state index contributed by atoms with van der Waals surface area (Å²) in [5.41, 5.74) is 8.50. The van der Waals surface area contributed by atoms with Gasteiger partial charge in [0.25, 0.3) is 0 Å². The van der Waals surface area contributed by atoms with E-state index in [0.29, 0.717) is 16.9 Å². The minimum atomic E-state index is -0.479. The third-order valence-electron chi connectivity index (χ3n) is 4.07. The van der Waals surface area contributed by atoms with Crippen LogP contribution in [0.15, 0.2) is 76.0 Å². The molecule has 4 aromatic rings. The Hall–Kier alpha value is -2.86. The molecule has 0 fully saturated rings. The smallest absolute Gasteiger partial charge is 0.338 e. The van der Waals surface area contributed by atoms with Crippen LogP contribution in [0.1, 0.15) is 0 Å². The average Bonchev–Trinajstić information content (AvgIpc) is 2.91. The van der Waals surface area contributed by atoms with Crippen molar-refractivity contribution in [2.75, 3.05) is 5.73 Å². The number of nitrogens with two attached hydrogens (primary N) is 1. The third-order valence-corrected chi connectivity index (χ3v) is 4.68. The van der Waals surface area contributed by atoms with E-state index in [4.69, 9.17) is 5.73 Å². The number of hydrogen-bond acceptors (Lipinski definition) is 2. The molecule has 0 radical (unpaired) electrons. The van der Waals surface area contributed by atoms with Gasteiger partial charge in [-0.1, -0.05) is 30.3 Å². The van der Waals surface area contributed by atoms with Gasteiger partial charge in [0.15, 0.2) is 0 Å². The lowest BCUT2D eigenvalue weighted by molar-refractivity contribution is 0.620. The lowest BCUT2D eigenvalue weighted by atomic mass is 10.2. The lowest BCUT2D eigenvalue weighted by Crippen LogP contribution is -2.22. The zero-order valence-corrected chi connectivity index (χ0v) is 14.6. The fourth-order valence-corrected chi connectivity index (χ4v) is 3.31. The first-order valence-electron chi connectivity index (χ1n) is 7.61. The number of benzene rings is 3. The number of para-hydroxylation sites is 3. The molecule has 0 amide bonds. The standard InChI is InChI=1S/C19H13BrFN3O/c20-13-10-15(22)18(11-14(13)21)24-17-9-5-4-8-16(17)23(19(24)25)12-6-2-1-3-7-12/h1-11H,22H2. The predicted molar refractivity (Wildman–Crippen MR) is 101 cm³/mol. The Morgan fingerprint density at radius 2 is 1.48 bits per heavy atom. The number of imidazole rings is 1. The molecular formula is C19H13BrFN3O. The number of rotatable bonds is 2. The Bertz CT molecular complexity index is 1150. The summed E-state index contributed by atoms with van der Waals surface area (Å²) in [4.78, 5) is 13.2. The Labute approximate surface area is 151 Å². The first kappa shape index (κ1) is 15.7. The van der Waals surface area contributed by atoms with Gasteiger partial charge < -0.3 is 5.73 Å². The van der Waals surface area contributed by atoms with Crippen LogP contribution in [-0.2, 0) is 0 Å². The Morgan fingerprint density at radius 1 is 0.880 bits per heavy atom. The van der Waals surface area contributed by atoms with E-state index >= 15 is 0 Å². The highest BCUT2D eigenvalue weighted by Gasteiger charge is 2.18. The molecule has 0 atom stereocenters. The summed E-state index contributed by atoms with van der Waals surface area (Å²) in [6.45, 7) is 0. The number of aromatic nitrogens is 2. The van der Waals surface area contributed by atoms with Gasteiger partial charge in [-0.15, -0.1) is 0 Å². The molecule has 0 unspecified atom stereocenters. The van der Waals surface area contributed by atoms with Crippen LogP contribution in [0.25, 0.3) is 22.4 Å². The summed E-state index contributed by atoms with van der Waals surface area (Å²) in [5.74, 6) is -0.479. The molecule has 3 aromatic carbocycles. The van der Waals surface area contributed by atoms with Gasteiger partial charge in [0.1, 0.15) is 5.82 Å². The van der Waals surface area contributed by atoms with Crippen molar-refractivity contribution in [3.63, 3.8) is 0 Å². The van der Waals surface area contributed by atoms with Gasteiger partial charge in [-0.3, -0.25) is 9.13 Å². The SMILES string of the molecule is Nc1cc(Br)c(F)cc1-n1c(=O)n(-c2ccccc2)c2ccccc21. The largest absolute Gasteiger partial charge is 0.397 e. The zero-order valence-electron chi connectivity index (χ0n) is 13.0. The maximum absolute atomic E-state index is 14.1. The van der Waals surface area contributed by atoms with Gasteiger partial charge in [0.05, 0.1) is 32.6 Å². The van der Waals surface area contributed by atoms with Crippen molar-refractivity contribution in [1.82, 2.24) is 9.13 Å². The molecule has 6 heteroatoms. The summed E-state index contributed by atoms with van der Waals surface area (Å²) >= 11 is 3.12. The van der Waals surface area contributed by atoms with E-state index in [1.807, 2.05) is 54.6 Å². The molecule has 0 spiro atoms. The van der Waals surface area contributed by atoms with Crippen molar-refractivity contribution in [1.29, 1.82) is 0 Å². The van der Waals surface area contributed by atoms with Crippen LogP contribution in [0.5, 0.6) is 0 Å². The molecule has 1 aromatic heterocycles. The van der Waals surface area contributed by atoms with Crippen molar-refractivity contribution in [3.8, 4) is 11.4 Å². The molecule has 0 saturated heterocycles. The maximum atomic E-state index is 14.1. The molecule has 1 heterocycles. The lowest BCUT2D eigenvalue weighted by Gasteiger charge is -2.08. The van der Waals surface area contributed by atoms with Gasteiger partial charge in [-0.25, -0.2) is 9.18 Å². The molecule has 0 saturated carbocycles. The van der Waals surface area contributed by atoms with E-state index in [2.05, 4.69) is 15.9 Å². The van der Waals surface area contributed by atoms with Gasteiger partial charge in [0.2, 0.25) is 0 Å². The van der Waals surface area contributed by atoms with Gasteiger partial charge in [-0.05, 0) is 46.3 Å². The van der Waals surface area contributed by atoms with Crippen LogP contribution in [0, 0.1) is 5.82 Å². The van der Waals surface area contributed by atoms with E-state index in [1.54, 1.807) is 4.57 Å². The number of fused-ring (bicyclic) bond motifs is 1. The number of hydrogen-bond donors (Lipinski definition) is 1.